The van der Waals surface area contributed by atoms with Crippen molar-refractivity contribution in [2.45, 2.75) is 56.4 Å². The highest BCUT2D eigenvalue weighted by atomic mass is 19.1. The molecule has 4 heterocycles. The summed E-state index contributed by atoms with van der Waals surface area (Å²) in [6, 6.07) is 20.9. The number of rotatable bonds is 7. The number of allylic oxidation sites excluding steroid dienone is 2. The molecular formula is C39H41FN6O3. The third-order valence-electron chi connectivity index (χ3n) is 10.5. The molecule has 0 radical (unpaired) electrons. The van der Waals surface area contributed by atoms with E-state index >= 15 is 0 Å². The second-order valence-corrected chi connectivity index (χ2v) is 13.4. The molecule has 3 aromatic carbocycles. The zero-order chi connectivity index (χ0) is 34.1. The third-order valence-corrected chi connectivity index (χ3v) is 10.5. The number of likely N-dealkylation sites (tertiary alicyclic amines) is 1. The molecule has 0 spiro atoms. The summed E-state index contributed by atoms with van der Waals surface area (Å²) >= 11 is 0. The third kappa shape index (κ3) is 6.91. The Morgan fingerprint density at radius 1 is 0.857 bits per heavy atom. The Morgan fingerprint density at radius 3 is 2.20 bits per heavy atom. The highest BCUT2D eigenvalue weighted by Gasteiger charge is 2.31. The van der Waals surface area contributed by atoms with Crippen LogP contribution in [-0.2, 0) is 9.59 Å². The van der Waals surface area contributed by atoms with Crippen molar-refractivity contribution in [3.8, 4) is 5.75 Å². The lowest BCUT2D eigenvalue weighted by Gasteiger charge is -2.42. The van der Waals surface area contributed by atoms with E-state index in [1.165, 1.54) is 29.5 Å². The van der Waals surface area contributed by atoms with Gasteiger partial charge in [0.2, 0.25) is 11.8 Å². The molecule has 3 fully saturated rings. The zero-order valence-electron chi connectivity index (χ0n) is 27.4. The number of amides is 2. The van der Waals surface area contributed by atoms with Gasteiger partial charge in [-0.25, -0.2) is 4.39 Å². The van der Waals surface area contributed by atoms with Gasteiger partial charge in [-0.2, -0.15) is 0 Å². The summed E-state index contributed by atoms with van der Waals surface area (Å²) < 4.78 is 13.5. The van der Waals surface area contributed by atoms with E-state index in [2.05, 4.69) is 51.5 Å². The van der Waals surface area contributed by atoms with Crippen LogP contribution in [0.5, 0.6) is 5.75 Å². The van der Waals surface area contributed by atoms with Crippen molar-refractivity contribution in [1.82, 2.24) is 10.2 Å². The highest BCUT2D eigenvalue weighted by Crippen LogP contribution is 2.34. The molecule has 252 valence electrons. The predicted octanol–water partition coefficient (Wildman–Crippen LogP) is 6.21. The van der Waals surface area contributed by atoms with Crippen LogP contribution >= 0.6 is 0 Å². The summed E-state index contributed by atoms with van der Waals surface area (Å²) in [6.45, 7) is 4.17. The minimum Gasteiger partial charge on any atom is -0.507 e. The highest BCUT2D eigenvalue weighted by molar-refractivity contribution is 6.19. The molecule has 3 saturated heterocycles. The van der Waals surface area contributed by atoms with Crippen molar-refractivity contribution in [1.29, 1.82) is 10.8 Å². The van der Waals surface area contributed by atoms with Gasteiger partial charge >= 0.3 is 0 Å². The number of imide groups is 1. The SMILES string of the molecule is N=C1C=CN(c2ccc(C3CCN(C4CCN(c5ccc(C6CCC(=O)NC6=O)cc5)CC4)CC3)cc2)/C1=C/C(=N)c1ccc(F)cc1O. The Kier molecular flexibility index (Phi) is 9.14. The number of nitrogens with one attached hydrogen (secondary N) is 3. The van der Waals surface area contributed by atoms with Crippen molar-refractivity contribution >= 4 is 34.6 Å². The van der Waals surface area contributed by atoms with E-state index in [4.69, 9.17) is 10.8 Å². The molecule has 2 amide bonds. The summed E-state index contributed by atoms with van der Waals surface area (Å²) in [6.07, 6.45) is 10.4. The van der Waals surface area contributed by atoms with E-state index in [-0.39, 0.29) is 40.5 Å². The van der Waals surface area contributed by atoms with Gasteiger partial charge < -0.3 is 25.2 Å². The molecular weight excluding hydrogens is 619 g/mol. The van der Waals surface area contributed by atoms with Crippen LogP contribution < -0.4 is 15.1 Å². The number of benzene rings is 3. The van der Waals surface area contributed by atoms with Crippen LogP contribution in [0.25, 0.3) is 0 Å². The van der Waals surface area contributed by atoms with Crippen LogP contribution in [-0.4, -0.2) is 65.5 Å². The fourth-order valence-corrected chi connectivity index (χ4v) is 7.69. The molecule has 0 aromatic heterocycles. The van der Waals surface area contributed by atoms with Gasteiger partial charge in [0.05, 0.1) is 23.0 Å². The van der Waals surface area contributed by atoms with Crippen molar-refractivity contribution in [2.75, 3.05) is 36.0 Å². The Morgan fingerprint density at radius 2 is 1.53 bits per heavy atom. The molecule has 3 aromatic rings. The van der Waals surface area contributed by atoms with E-state index in [9.17, 15) is 19.1 Å². The summed E-state index contributed by atoms with van der Waals surface area (Å²) in [5.41, 5.74) is 5.34. The molecule has 10 heteroatoms. The van der Waals surface area contributed by atoms with Crippen LogP contribution in [0.3, 0.4) is 0 Å². The monoisotopic (exact) mass is 660 g/mol. The Balaban J connectivity index is 0.908. The molecule has 0 aliphatic carbocycles. The molecule has 9 nitrogen and oxygen atoms in total. The predicted molar refractivity (Wildman–Crippen MR) is 189 cm³/mol. The van der Waals surface area contributed by atoms with Gasteiger partial charge in [0.25, 0.3) is 0 Å². The first-order valence-corrected chi connectivity index (χ1v) is 17.1. The van der Waals surface area contributed by atoms with Gasteiger partial charge in [-0.05, 0) is 111 Å². The van der Waals surface area contributed by atoms with Crippen LogP contribution in [0.4, 0.5) is 15.8 Å². The van der Waals surface area contributed by atoms with Crippen molar-refractivity contribution in [3.63, 3.8) is 0 Å². The summed E-state index contributed by atoms with van der Waals surface area (Å²) in [5, 5.41) is 29.4. The first-order chi connectivity index (χ1) is 23.7. The molecule has 49 heavy (non-hydrogen) atoms. The number of halogens is 1. The van der Waals surface area contributed by atoms with Gasteiger partial charge in [-0.1, -0.05) is 24.3 Å². The number of aromatic hydroxyl groups is 1. The average Bonchev–Trinajstić information content (AvgIpc) is 3.47. The van der Waals surface area contributed by atoms with Crippen molar-refractivity contribution in [3.05, 3.63) is 113 Å². The number of carbonyl (C=O) groups excluding carboxylic acids is 2. The quantitative estimate of drug-likeness (QED) is 0.177. The first-order valence-electron chi connectivity index (χ1n) is 17.1. The number of nitrogens with zero attached hydrogens (tertiary/aromatic N) is 3. The number of phenolic OH excluding ortho intramolecular Hbond substituents is 1. The van der Waals surface area contributed by atoms with E-state index in [1.807, 2.05) is 17.0 Å². The van der Waals surface area contributed by atoms with E-state index in [0.29, 0.717) is 30.5 Å². The van der Waals surface area contributed by atoms with Gasteiger partial charge in [0.1, 0.15) is 11.6 Å². The molecule has 7 rings (SSSR count). The zero-order valence-corrected chi connectivity index (χ0v) is 27.4. The standard InChI is InChI=1S/C39H41FN6O3/c40-28-5-10-33(37(47)23-28)35(42)24-36-34(41)17-22-46(36)31-8-1-25(2-9-31)26-13-18-44(19-14-26)30-15-20-45(21-16-30)29-6-3-27(4-7-29)32-11-12-38(48)43-39(32)49/h1-10,17,22-24,26,30,32,41-42,47H,11-16,18-21H2,(H,43,48,49)/b36-24+,41-34?,42-35?. The summed E-state index contributed by atoms with van der Waals surface area (Å²) in [7, 11) is 0. The number of carbonyl (C=O) groups is 2. The molecule has 1 atom stereocenters. The molecule has 0 bridgehead atoms. The van der Waals surface area contributed by atoms with Gasteiger partial charge in [-0.15, -0.1) is 0 Å². The normalized spacial score (nSPS) is 21.9. The lowest BCUT2D eigenvalue weighted by molar-refractivity contribution is -0.134. The van der Waals surface area contributed by atoms with Gasteiger partial charge in [0, 0.05) is 54.8 Å². The van der Waals surface area contributed by atoms with Crippen LogP contribution in [0.15, 0.2) is 90.8 Å². The second kappa shape index (κ2) is 13.8. The minimum absolute atomic E-state index is 0.000641. The van der Waals surface area contributed by atoms with Crippen LogP contribution in [0.2, 0.25) is 0 Å². The number of piperidine rings is 3. The van der Waals surface area contributed by atoms with Crippen LogP contribution in [0.1, 0.15) is 67.1 Å². The lowest BCUT2D eigenvalue weighted by Crippen LogP contribution is -2.47. The van der Waals surface area contributed by atoms with Crippen molar-refractivity contribution < 1.29 is 19.1 Å². The average molecular weight is 661 g/mol. The number of anilines is 2. The van der Waals surface area contributed by atoms with Crippen LogP contribution in [0, 0.1) is 16.6 Å². The maximum atomic E-state index is 13.5. The van der Waals surface area contributed by atoms with E-state index in [0.717, 1.165) is 69.2 Å². The fraction of sp³-hybridized carbons (Fsp3) is 0.333. The van der Waals surface area contributed by atoms with Gasteiger partial charge in [0.15, 0.2) is 0 Å². The van der Waals surface area contributed by atoms with Gasteiger partial charge in [-0.3, -0.25) is 20.3 Å². The summed E-state index contributed by atoms with van der Waals surface area (Å²) in [5.74, 6) is -1.01. The van der Waals surface area contributed by atoms with E-state index in [1.54, 1.807) is 12.3 Å². The lowest BCUT2D eigenvalue weighted by atomic mass is 9.87. The molecule has 0 saturated carbocycles. The maximum Gasteiger partial charge on any atom is 0.234 e. The smallest absolute Gasteiger partial charge is 0.234 e. The first kappa shape index (κ1) is 32.5. The van der Waals surface area contributed by atoms with E-state index < -0.39 is 5.82 Å². The number of phenols is 1. The largest absolute Gasteiger partial charge is 0.507 e. The molecule has 1 unspecified atom stereocenters. The number of hydrogen-bond donors (Lipinski definition) is 4. The van der Waals surface area contributed by atoms with Crippen molar-refractivity contribution in [2.24, 2.45) is 0 Å². The second-order valence-electron chi connectivity index (χ2n) is 13.4. The fourth-order valence-electron chi connectivity index (χ4n) is 7.69. The maximum absolute atomic E-state index is 13.5. The molecule has 4 N–H and O–H groups in total. The molecule has 4 aliphatic heterocycles. The molecule has 4 aliphatic rings. The minimum atomic E-state index is -0.570. The Bertz CT molecular complexity index is 1820. The Hall–Kier alpha value is -5.09. The number of hydrogen-bond acceptors (Lipinski definition) is 8. The summed E-state index contributed by atoms with van der Waals surface area (Å²) in [4.78, 5) is 30.7. The Labute approximate surface area is 285 Å². The topological polar surface area (TPSA) is 124 Å².